The Labute approximate surface area is 110 Å². The van der Waals surface area contributed by atoms with Crippen molar-refractivity contribution in [2.75, 3.05) is 0 Å². The first kappa shape index (κ1) is 11.2. The molecule has 3 aromatic rings. The number of aryl methyl sites for hydroxylation is 1. The molecule has 4 heteroatoms. The third-order valence-electron chi connectivity index (χ3n) is 3.08. The number of aromatic nitrogens is 3. The van der Waals surface area contributed by atoms with Gasteiger partial charge in [-0.05, 0) is 36.2 Å². The van der Waals surface area contributed by atoms with Crippen molar-refractivity contribution in [2.24, 2.45) is 0 Å². The van der Waals surface area contributed by atoms with Gasteiger partial charge in [-0.1, -0.05) is 17.7 Å². The van der Waals surface area contributed by atoms with Gasteiger partial charge in [0.2, 0.25) is 0 Å². The van der Waals surface area contributed by atoms with E-state index in [4.69, 9.17) is 11.6 Å². The Morgan fingerprint density at radius 2 is 2.11 bits per heavy atom. The molecule has 0 fully saturated rings. The van der Waals surface area contributed by atoms with Gasteiger partial charge in [0.1, 0.15) is 10.8 Å². The first-order valence-corrected chi connectivity index (χ1v) is 6.15. The van der Waals surface area contributed by atoms with Crippen molar-refractivity contribution in [1.82, 2.24) is 15.0 Å². The third-order valence-corrected chi connectivity index (χ3v) is 3.29. The molecule has 0 saturated heterocycles. The number of rotatable bonds is 2. The Kier molecular flexibility index (Phi) is 2.76. The standard InChI is InChI=1S/C14H12ClN3/c1-9-10(4-5-13(15)18-9)7-11-8-17-14-12(11)3-2-6-16-14/h2-6,8H,7H2,1H3,(H,16,17). The predicted molar refractivity (Wildman–Crippen MR) is 72.9 cm³/mol. The van der Waals surface area contributed by atoms with Gasteiger partial charge in [0.25, 0.3) is 0 Å². The molecule has 0 atom stereocenters. The van der Waals surface area contributed by atoms with Crippen molar-refractivity contribution in [2.45, 2.75) is 13.3 Å². The van der Waals surface area contributed by atoms with Crippen molar-refractivity contribution in [3.63, 3.8) is 0 Å². The summed E-state index contributed by atoms with van der Waals surface area (Å²) in [6.07, 6.45) is 4.63. The van der Waals surface area contributed by atoms with Crippen LogP contribution in [0.4, 0.5) is 0 Å². The summed E-state index contributed by atoms with van der Waals surface area (Å²) in [4.78, 5) is 11.7. The van der Waals surface area contributed by atoms with Crippen LogP contribution in [0.25, 0.3) is 11.0 Å². The summed E-state index contributed by atoms with van der Waals surface area (Å²) in [6, 6.07) is 7.89. The van der Waals surface area contributed by atoms with Gasteiger partial charge in [-0.2, -0.15) is 0 Å². The van der Waals surface area contributed by atoms with Crippen molar-refractivity contribution >= 4 is 22.6 Å². The SMILES string of the molecule is Cc1nc(Cl)ccc1Cc1c[nH]c2ncccc12. The van der Waals surface area contributed by atoms with Gasteiger partial charge in [0, 0.05) is 29.9 Å². The van der Waals surface area contributed by atoms with Crippen molar-refractivity contribution in [3.8, 4) is 0 Å². The summed E-state index contributed by atoms with van der Waals surface area (Å²) in [5, 5.41) is 1.70. The zero-order valence-electron chi connectivity index (χ0n) is 9.94. The van der Waals surface area contributed by atoms with Crippen LogP contribution in [-0.4, -0.2) is 15.0 Å². The molecule has 0 aliphatic rings. The van der Waals surface area contributed by atoms with Crippen LogP contribution in [0.1, 0.15) is 16.8 Å². The average molecular weight is 258 g/mol. The quantitative estimate of drug-likeness (QED) is 0.714. The largest absolute Gasteiger partial charge is 0.346 e. The van der Waals surface area contributed by atoms with Gasteiger partial charge in [-0.15, -0.1) is 0 Å². The highest BCUT2D eigenvalue weighted by Crippen LogP contribution is 2.21. The summed E-state index contributed by atoms with van der Waals surface area (Å²) >= 11 is 5.87. The van der Waals surface area contributed by atoms with E-state index < -0.39 is 0 Å². The maximum Gasteiger partial charge on any atom is 0.137 e. The molecule has 0 unspecified atom stereocenters. The van der Waals surface area contributed by atoms with E-state index in [1.54, 1.807) is 6.20 Å². The molecule has 3 nitrogen and oxygen atoms in total. The smallest absolute Gasteiger partial charge is 0.137 e. The van der Waals surface area contributed by atoms with Gasteiger partial charge in [0.05, 0.1) is 0 Å². The van der Waals surface area contributed by atoms with Crippen LogP contribution < -0.4 is 0 Å². The van der Waals surface area contributed by atoms with E-state index in [1.165, 1.54) is 11.1 Å². The number of nitrogens with one attached hydrogen (secondary N) is 1. The molecule has 3 rings (SSSR count). The first-order chi connectivity index (χ1) is 8.74. The molecule has 0 radical (unpaired) electrons. The Morgan fingerprint density at radius 3 is 2.94 bits per heavy atom. The predicted octanol–water partition coefficient (Wildman–Crippen LogP) is 3.51. The van der Waals surface area contributed by atoms with Gasteiger partial charge in [0.15, 0.2) is 0 Å². The fraction of sp³-hybridized carbons (Fsp3) is 0.143. The van der Waals surface area contributed by atoms with Crippen LogP contribution in [0.3, 0.4) is 0 Å². The molecule has 1 N–H and O–H groups in total. The number of halogens is 1. The van der Waals surface area contributed by atoms with Gasteiger partial charge >= 0.3 is 0 Å². The summed E-state index contributed by atoms with van der Waals surface area (Å²) in [7, 11) is 0. The lowest BCUT2D eigenvalue weighted by Gasteiger charge is -2.04. The van der Waals surface area contributed by atoms with Crippen LogP contribution in [0.2, 0.25) is 5.15 Å². The second kappa shape index (κ2) is 4.42. The number of nitrogens with zero attached hydrogens (tertiary/aromatic N) is 2. The highest BCUT2D eigenvalue weighted by molar-refractivity contribution is 6.29. The normalized spacial score (nSPS) is 11.0. The molecule has 0 spiro atoms. The molecule has 0 aliphatic carbocycles. The van der Waals surface area contributed by atoms with Crippen molar-refractivity contribution < 1.29 is 0 Å². The summed E-state index contributed by atoms with van der Waals surface area (Å²) in [5.74, 6) is 0. The average Bonchev–Trinajstić information content (AvgIpc) is 2.76. The van der Waals surface area contributed by atoms with Crippen LogP contribution >= 0.6 is 11.6 Å². The van der Waals surface area contributed by atoms with E-state index in [2.05, 4.69) is 21.0 Å². The fourth-order valence-electron chi connectivity index (χ4n) is 2.11. The molecular weight excluding hydrogens is 246 g/mol. The maximum atomic E-state index is 5.87. The zero-order valence-corrected chi connectivity index (χ0v) is 10.7. The minimum atomic E-state index is 0.539. The highest BCUT2D eigenvalue weighted by Gasteiger charge is 2.07. The molecule has 0 aromatic carbocycles. The Balaban J connectivity index is 2.01. The second-order valence-corrected chi connectivity index (χ2v) is 4.66. The van der Waals surface area contributed by atoms with E-state index in [0.717, 1.165) is 23.1 Å². The minimum absolute atomic E-state index is 0.539. The van der Waals surface area contributed by atoms with E-state index in [-0.39, 0.29) is 0 Å². The van der Waals surface area contributed by atoms with Crippen molar-refractivity contribution in [1.29, 1.82) is 0 Å². The van der Waals surface area contributed by atoms with Crippen molar-refractivity contribution in [3.05, 3.63) is 58.6 Å². The van der Waals surface area contributed by atoms with Gasteiger partial charge < -0.3 is 4.98 Å². The maximum absolute atomic E-state index is 5.87. The van der Waals surface area contributed by atoms with E-state index in [0.29, 0.717) is 5.15 Å². The molecule has 3 heterocycles. The summed E-state index contributed by atoms with van der Waals surface area (Å²) in [6.45, 7) is 1.98. The molecule has 0 saturated carbocycles. The summed E-state index contributed by atoms with van der Waals surface area (Å²) < 4.78 is 0. The number of hydrogen-bond donors (Lipinski definition) is 1. The van der Waals surface area contributed by atoms with E-state index in [1.807, 2.05) is 31.3 Å². The topological polar surface area (TPSA) is 41.6 Å². The van der Waals surface area contributed by atoms with E-state index >= 15 is 0 Å². The number of hydrogen-bond acceptors (Lipinski definition) is 2. The molecule has 90 valence electrons. The van der Waals surface area contributed by atoms with Gasteiger partial charge in [-0.25, -0.2) is 9.97 Å². The molecular formula is C14H12ClN3. The number of aromatic amines is 1. The molecule has 18 heavy (non-hydrogen) atoms. The van der Waals surface area contributed by atoms with Crippen LogP contribution in [0.5, 0.6) is 0 Å². The lowest BCUT2D eigenvalue weighted by molar-refractivity contribution is 1.08. The monoisotopic (exact) mass is 257 g/mol. The summed E-state index contributed by atoms with van der Waals surface area (Å²) in [5.41, 5.74) is 4.31. The fourth-order valence-corrected chi connectivity index (χ4v) is 2.30. The van der Waals surface area contributed by atoms with Crippen LogP contribution in [-0.2, 0) is 6.42 Å². The lowest BCUT2D eigenvalue weighted by Crippen LogP contribution is -1.94. The zero-order chi connectivity index (χ0) is 12.5. The van der Waals surface area contributed by atoms with E-state index in [9.17, 15) is 0 Å². The molecule has 0 aliphatic heterocycles. The Hall–Kier alpha value is -1.87. The van der Waals surface area contributed by atoms with Gasteiger partial charge in [-0.3, -0.25) is 0 Å². The molecule has 3 aromatic heterocycles. The highest BCUT2D eigenvalue weighted by atomic mass is 35.5. The Morgan fingerprint density at radius 1 is 1.22 bits per heavy atom. The number of pyridine rings is 2. The number of fused-ring (bicyclic) bond motifs is 1. The van der Waals surface area contributed by atoms with Crippen LogP contribution in [0, 0.1) is 6.92 Å². The molecule has 0 amide bonds. The number of H-pyrrole nitrogens is 1. The Bertz CT molecular complexity index is 703. The first-order valence-electron chi connectivity index (χ1n) is 5.77. The third kappa shape index (κ3) is 1.97. The lowest BCUT2D eigenvalue weighted by atomic mass is 10.0. The van der Waals surface area contributed by atoms with Crippen LogP contribution in [0.15, 0.2) is 36.7 Å². The minimum Gasteiger partial charge on any atom is -0.346 e. The second-order valence-electron chi connectivity index (χ2n) is 4.27. The molecule has 0 bridgehead atoms.